The molecular formula is C27H27F6N3O4. The highest BCUT2D eigenvalue weighted by Gasteiger charge is 2.32. The fourth-order valence-electron chi connectivity index (χ4n) is 4.02. The van der Waals surface area contributed by atoms with E-state index in [2.05, 4.69) is 9.73 Å². The van der Waals surface area contributed by atoms with Crippen molar-refractivity contribution in [2.24, 2.45) is 25.0 Å². The lowest BCUT2D eigenvalue weighted by atomic mass is 9.96. The Morgan fingerprint density at radius 3 is 2.15 bits per heavy atom. The summed E-state index contributed by atoms with van der Waals surface area (Å²) in [6, 6.07) is 9.46. The molecule has 0 saturated heterocycles. The van der Waals surface area contributed by atoms with Crippen molar-refractivity contribution in [3.8, 4) is 11.5 Å². The summed E-state index contributed by atoms with van der Waals surface area (Å²) in [7, 11) is 2.72. The molecule has 1 heterocycles. The first-order valence-electron chi connectivity index (χ1n) is 12.2. The Kier molecular flexibility index (Phi) is 9.16. The zero-order valence-corrected chi connectivity index (χ0v) is 22.1. The number of nitrogens with zero attached hydrogens (tertiary/aromatic N) is 3. The smallest absolute Gasteiger partial charge is 0.442 e. The van der Waals surface area contributed by atoms with Crippen LogP contribution in [0.4, 0.5) is 32.2 Å². The lowest BCUT2D eigenvalue weighted by molar-refractivity contribution is -0.274. The van der Waals surface area contributed by atoms with E-state index >= 15 is 0 Å². The molecule has 0 aliphatic heterocycles. The molecule has 2 aromatic carbocycles. The molecule has 0 radical (unpaired) electrons. The number of hydrogen-bond acceptors (Lipinski definition) is 5. The Labute approximate surface area is 225 Å². The number of alkyl halides is 6. The van der Waals surface area contributed by atoms with E-state index in [4.69, 9.17) is 4.74 Å². The molecule has 0 aliphatic carbocycles. The van der Waals surface area contributed by atoms with Gasteiger partial charge in [-0.15, -0.1) is 13.2 Å². The van der Waals surface area contributed by atoms with Crippen LogP contribution in [-0.2, 0) is 26.7 Å². The van der Waals surface area contributed by atoms with Crippen molar-refractivity contribution < 1.29 is 35.8 Å². The van der Waals surface area contributed by atoms with Crippen LogP contribution in [0.5, 0.6) is 11.5 Å². The number of ether oxygens (including phenoxy) is 2. The molecule has 0 fully saturated rings. The van der Waals surface area contributed by atoms with E-state index in [1.165, 1.54) is 45.3 Å². The van der Waals surface area contributed by atoms with Crippen molar-refractivity contribution in [2.45, 2.75) is 45.6 Å². The van der Waals surface area contributed by atoms with E-state index in [1.54, 1.807) is 6.92 Å². The minimum absolute atomic E-state index is 0.00113. The second-order valence-electron chi connectivity index (χ2n) is 9.07. The third-order valence-electron chi connectivity index (χ3n) is 6.23. The summed E-state index contributed by atoms with van der Waals surface area (Å²) in [5.41, 5.74) is -1.26. The molecule has 0 amide bonds. The lowest BCUT2D eigenvalue weighted by Crippen LogP contribution is -2.38. The van der Waals surface area contributed by atoms with E-state index in [0.717, 1.165) is 33.4 Å². The van der Waals surface area contributed by atoms with E-state index in [1.807, 2.05) is 0 Å². The number of rotatable bonds is 8. The van der Waals surface area contributed by atoms with Crippen LogP contribution in [-0.4, -0.2) is 21.4 Å². The summed E-state index contributed by atoms with van der Waals surface area (Å²) in [6.07, 6.45) is -8.33. The molecular weight excluding hydrogens is 544 g/mol. The number of halogens is 6. The van der Waals surface area contributed by atoms with Gasteiger partial charge >= 0.3 is 18.2 Å². The predicted molar refractivity (Wildman–Crippen MR) is 136 cm³/mol. The summed E-state index contributed by atoms with van der Waals surface area (Å²) < 4.78 is 88.9. The standard InChI is InChI=1S/C27H27F6N3O4/c1-5-18(12-9-17-10-13-19(14-11-17)26(28,29)30)23(34-22-16(2)24(37)36(4)25(38)35(22)3)39-20-7-6-8-21(15-20)40-27(31,32)33/h6-8,10-11,13-15,18H,5,9,12H2,1-4H3. The third-order valence-corrected chi connectivity index (χ3v) is 6.23. The van der Waals surface area contributed by atoms with Crippen LogP contribution in [0.1, 0.15) is 36.5 Å². The van der Waals surface area contributed by atoms with E-state index in [9.17, 15) is 35.9 Å². The van der Waals surface area contributed by atoms with Crippen molar-refractivity contribution >= 4 is 11.7 Å². The van der Waals surface area contributed by atoms with Gasteiger partial charge in [0.05, 0.1) is 11.1 Å². The molecule has 7 nitrogen and oxygen atoms in total. The topological polar surface area (TPSA) is 74.8 Å². The summed E-state index contributed by atoms with van der Waals surface area (Å²) in [5, 5.41) is 0. The minimum atomic E-state index is -4.93. The van der Waals surface area contributed by atoms with Gasteiger partial charge in [0.2, 0.25) is 0 Å². The quantitative estimate of drug-likeness (QED) is 0.187. The second-order valence-corrected chi connectivity index (χ2v) is 9.07. The molecule has 0 saturated carbocycles. The molecule has 0 N–H and O–H groups in total. The fourth-order valence-corrected chi connectivity index (χ4v) is 4.02. The van der Waals surface area contributed by atoms with Crippen molar-refractivity contribution in [3.63, 3.8) is 0 Å². The molecule has 13 heteroatoms. The highest BCUT2D eigenvalue weighted by atomic mass is 19.4. The highest BCUT2D eigenvalue weighted by Crippen LogP contribution is 2.30. The van der Waals surface area contributed by atoms with Crippen LogP contribution in [0.2, 0.25) is 0 Å². The SMILES string of the molecule is CCC(CCc1ccc(C(F)(F)F)cc1)C(=Nc1c(C)c(=O)n(C)c(=O)n1C)Oc1cccc(OC(F)(F)F)c1. The van der Waals surface area contributed by atoms with Gasteiger partial charge in [-0.25, -0.2) is 4.79 Å². The third kappa shape index (κ3) is 7.54. The molecule has 40 heavy (non-hydrogen) atoms. The Morgan fingerprint density at radius 1 is 0.950 bits per heavy atom. The van der Waals surface area contributed by atoms with Crippen LogP contribution in [0.15, 0.2) is 63.1 Å². The van der Waals surface area contributed by atoms with Gasteiger partial charge in [-0.1, -0.05) is 25.1 Å². The van der Waals surface area contributed by atoms with Crippen molar-refractivity contribution in [1.82, 2.24) is 9.13 Å². The van der Waals surface area contributed by atoms with Crippen LogP contribution < -0.4 is 20.7 Å². The van der Waals surface area contributed by atoms with Gasteiger partial charge in [-0.05, 0) is 56.0 Å². The molecule has 1 unspecified atom stereocenters. The monoisotopic (exact) mass is 571 g/mol. The van der Waals surface area contributed by atoms with Gasteiger partial charge in [0, 0.05) is 26.1 Å². The predicted octanol–water partition coefficient (Wildman–Crippen LogP) is 6.08. The maximum absolute atomic E-state index is 12.9. The molecule has 0 bridgehead atoms. The zero-order chi connectivity index (χ0) is 29.8. The van der Waals surface area contributed by atoms with Crippen LogP contribution >= 0.6 is 0 Å². The van der Waals surface area contributed by atoms with Gasteiger partial charge in [-0.3, -0.25) is 13.9 Å². The maximum Gasteiger partial charge on any atom is 0.573 e. The Bertz CT molecular complexity index is 1450. The molecule has 3 rings (SSSR count). The van der Waals surface area contributed by atoms with Crippen LogP contribution in [0, 0.1) is 12.8 Å². The lowest BCUT2D eigenvalue weighted by Gasteiger charge is -2.20. The Hall–Kier alpha value is -4.03. The Morgan fingerprint density at radius 2 is 1.57 bits per heavy atom. The van der Waals surface area contributed by atoms with E-state index in [-0.39, 0.29) is 23.0 Å². The first kappa shape index (κ1) is 30.5. The van der Waals surface area contributed by atoms with Gasteiger partial charge in [0.15, 0.2) is 5.90 Å². The fraction of sp³-hybridized carbons (Fsp3) is 0.370. The summed E-state index contributed by atoms with van der Waals surface area (Å²) in [4.78, 5) is 29.6. The molecule has 1 atom stereocenters. The summed E-state index contributed by atoms with van der Waals surface area (Å²) >= 11 is 0. The molecule has 0 spiro atoms. The first-order valence-corrected chi connectivity index (χ1v) is 12.2. The largest absolute Gasteiger partial charge is 0.573 e. The second kappa shape index (κ2) is 12.0. The van der Waals surface area contributed by atoms with Gasteiger partial charge in [-0.2, -0.15) is 18.2 Å². The maximum atomic E-state index is 12.9. The normalized spacial score (nSPS) is 13.3. The number of aliphatic imine (C=N–C) groups is 1. The molecule has 0 aliphatic rings. The number of hydrogen-bond donors (Lipinski definition) is 0. The van der Waals surface area contributed by atoms with E-state index < -0.39 is 41.0 Å². The van der Waals surface area contributed by atoms with Crippen molar-refractivity contribution in [1.29, 1.82) is 0 Å². The molecule has 1 aromatic heterocycles. The van der Waals surface area contributed by atoms with Crippen LogP contribution in [0.25, 0.3) is 0 Å². The van der Waals surface area contributed by atoms with Gasteiger partial charge < -0.3 is 9.47 Å². The van der Waals surface area contributed by atoms with Crippen LogP contribution in [0.3, 0.4) is 0 Å². The van der Waals surface area contributed by atoms with Gasteiger partial charge in [0.25, 0.3) is 5.56 Å². The van der Waals surface area contributed by atoms with Crippen molar-refractivity contribution in [2.75, 3.05) is 0 Å². The number of benzene rings is 2. The minimum Gasteiger partial charge on any atom is -0.442 e. The molecule has 216 valence electrons. The average Bonchev–Trinajstić information content (AvgIpc) is 2.88. The Balaban J connectivity index is 2.02. The zero-order valence-electron chi connectivity index (χ0n) is 22.1. The summed E-state index contributed by atoms with van der Waals surface area (Å²) in [5.74, 6) is -1.06. The summed E-state index contributed by atoms with van der Waals surface area (Å²) in [6.45, 7) is 3.27. The molecule has 3 aromatic rings. The number of aromatic nitrogens is 2. The van der Waals surface area contributed by atoms with Crippen molar-refractivity contribution in [3.05, 3.63) is 86.1 Å². The van der Waals surface area contributed by atoms with Gasteiger partial charge in [0.1, 0.15) is 17.3 Å². The average molecular weight is 572 g/mol. The highest BCUT2D eigenvalue weighted by molar-refractivity contribution is 5.83. The first-order chi connectivity index (χ1) is 18.6. The number of aryl methyl sites for hydroxylation is 1. The van der Waals surface area contributed by atoms with E-state index in [0.29, 0.717) is 24.8 Å².